The van der Waals surface area contributed by atoms with Crippen LogP contribution in [0.15, 0.2) is 18.2 Å². The summed E-state index contributed by atoms with van der Waals surface area (Å²) >= 11 is 0. The van der Waals surface area contributed by atoms with Gasteiger partial charge in [0.05, 0.1) is 25.8 Å². The van der Waals surface area contributed by atoms with Gasteiger partial charge in [-0.3, -0.25) is 9.59 Å². The minimum atomic E-state index is -0.910. The van der Waals surface area contributed by atoms with E-state index in [2.05, 4.69) is 5.32 Å². The normalized spacial score (nSPS) is 10.2. The molecule has 7 heteroatoms. The molecule has 0 aliphatic carbocycles. The Labute approximate surface area is 123 Å². The molecule has 0 fully saturated rings. The summed E-state index contributed by atoms with van der Waals surface area (Å²) in [4.78, 5) is 22.9. The van der Waals surface area contributed by atoms with Crippen LogP contribution >= 0.6 is 0 Å². The van der Waals surface area contributed by atoms with E-state index in [1.54, 1.807) is 25.1 Å². The van der Waals surface area contributed by atoms with E-state index in [0.29, 0.717) is 18.8 Å². The summed E-state index contributed by atoms with van der Waals surface area (Å²) in [5.74, 6) is -1.14. The number of nitrogens with zero attached hydrogens (tertiary/aromatic N) is 1. The monoisotopic (exact) mass is 296 g/mol. The predicted octanol–water partition coefficient (Wildman–Crippen LogP) is 0.780. The number of carboxylic acids is 2. The van der Waals surface area contributed by atoms with E-state index in [9.17, 15) is 9.59 Å². The summed E-state index contributed by atoms with van der Waals surface area (Å²) in [6.45, 7) is 0.687. The molecular formula is C14H20N2O5. The number of ether oxygens (including phenoxy) is 1. The second-order valence-corrected chi connectivity index (χ2v) is 4.57. The van der Waals surface area contributed by atoms with Crippen LogP contribution in [0.1, 0.15) is 12.0 Å². The minimum absolute atomic E-state index is 0.0432. The Kier molecular flexibility index (Phi) is 6.48. The van der Waals surface area contributed by atoms with E-state index in [-0.39, 0.29) is 13.0 Å². The van der Waals surface area contributed by atoms with Gasteiger partial charge in [-0.1, -0.05) is 6.07 Å². The van der Waals surface area contributed by atoms with Crippen molar-refractivity contribution in [3.63, 3.8) is 0 Å². The Balaban J connectivity index is 2.73. The van der Waals surface area contributed by atoms with Crippen LogP contribution in [0.5, 0.6) is 5.75 Å². The molecule has 0 radical (unpaired) electrons. The number of anilines is 1. The Bertz CT molecular complexity index is 504. The van der Waals surface area contributed by atoms with Gasteiger partial charge in [-0.2, -0.15) is 0 Å². The van der Waals surface area contributed by atoms with E-state index in [4.69, 9.17) is 14.9 Å². The largest absolute Gasteiger partial charge is 0.495 e. The zero-order chi connectivity index (χ0) is 15.8. The standard InChI is InChI=1S/C14H20N2O5/c1-16(6-5-13(17)18)11-4-3-10(7-12(11)21-2)8-15-9-14(19)20/h3-4,7,15H,5-6,8-9H2,1-2H3,(H,17,18)(H,19,20). The molecule has 116 valence electrons. The summed E-state index contributed by atoms with van der Waals surface area (Å²) in [6.07, 6.45) is 0.0432. The summed E-state index contributed by atoms with van der Waals surface area (Å²) in [5, 5.41) is 20.1. The molecule has 1 rings (SSSR count). The number of rotatable bonds is 9. The molecule has 0 heterocycles. The van der Waals surface area contributed by atoms with Crippen molar-refractivity contribution in [2.24, 2.45) is 0 Å². The van der Waals surface area contributed by atoms with Crippen LogP contribution in [0, 0.1) is 0 Å². The first-order chi connectivity index (χ1) is 9.93. The molecule has 21 heavy (non-hydrogen) atoms. The molecule has 3 N–H and O–H groups in total. The van der Waals surface area contributed by atoms with Crippen LogP contribution in [0.4, 0.5) is 5.69 Å². The molecular weight excluding hydrogens is 276 g/mol. The fourth-order valence-electron chi connectivity index (χ4n) is 1.84. The highest BCUT2D eigenvalue weighted by Crippen LogP contribution is 2.28. The molecule has 0 aromatic heterocycles. The number of nitrogens with one attached hydrogen (secondary N) is 1. The molecule has 0 bridgehead atoms. The van der Waals surface area contributed by atoms with E-state index in [0.717, 1.165) is 11.3 Å². The lowest BCUT2D eigenvalue weighted by molar-refractivity contribution is -0.137. The third-order valence-corrected chi connectivity index (χ3v) is 2.92. The number of methoxy groups -OCH3 is 1. The maximum Gasteiger partial charge on any atom is 0.317 e. The number of carboxylic acid groups (broad SMARTS) is 2. The fraction of sp³-hybridized carbons (Fsp3) is 0.429. The van der Waals surface area contributed by atoms with Crippen molar-refractivity contribution in [3.8, 4) is 5.75 Å². The average Bonchev–Trinajstić information content (AvgIpc) is 2.44. The third kappa shape index (κ3) is 5.70. The first-order valence-electron chi connectivity index (χ1n) is 6.46. The van der Waals surface area contributed by atoms with Crippen LogP contribution in [-0.4, -0.2) is 49.4 Å². The molecule has 0 atom stereocenters. The van der Waals surface area contributed by atoms with Crippen molar-refractivity contribution < 1.29 is 24.5 Å². The van der Waals surface area contributed by atoms with Crippen molar-refractivity contribution in [1.82, 2.24) is 5.32 Å². The summed E-state index contributed by atoms with van der Waals surface area (Å²) in [5.41, 5.74) is 1.68. The maximum atomic E-state index is 10.6. The lowest BCUT2D eigenvalue weighted by atomic mass is 10.1. The number of carbonyl (C=O) groups is 2. The zero-order valence-corrected chi connectivity index (χ0v) is 12.1. The zero-order valence-electron chi connectivity index (χ0n) is 12.1. The molecule has 0 saturated heterocycles. The molecule has 0 unspecified atom stereocenters. The highest BCUT2D eigenvalue weighted by molar-refractivity contribution is 5.69. The van der Waals surface area contributed by atoms with Crippen molar-refractivity contribution in [3.05, 3.63) is 23.8 Å². The van der Waals surface area contributed by atoms with Crippen molar-refractivity contribution >= 4 is 17.6 Å². The van der Waals surface area contributed by atoms with Gasteiger partial charge >= 0.3 is 11.9 Å². The van der Waals surface area contributed by atoms with Crippen molar-refractivity contribution in [2.45, 2.75) is 13.0 Å². The number of benzene rings is 1. The highest BCUT2D eigenvalue weighted by Gasteiger charge is 2.10. The molecule has 0 aliphatic rings. The number of hydrogen-bond acceptors (Lipinski definition) is 5. The smallest absolute Gasteiger partial charge is 0.317 e. The maximum absolute atomic E-state index is 10.6. The van der Waals surface area contributed by atoms with Crippen LogP contribution in [0.3, 0.4) is 0 Å². The number of hydrogen-bond donors (Lipinski definition) is 3. The fourth-order valence-corrected chi connectivity index (χ4v) is 1.84. The second kappa shape index (κ2) is 8.11. The lowest BCUT2D eigenvalue weighted by Crippen LogP contribution is -2.23. The van der Waals surface area contributed by atoms with Gasteiger partial charge in [0.1, 0.15) is 5.75 Å². The Morgan fingerprint density at radius 2 is 2.00 bits per heavy atom. The average molecular weight is 296 g/mol. The molecule has 0 aliphatic heterocycles. The first kappa shape index (κ1) is 16.8. The topological polar surface area (TPSA) is 99.1 Å². The Morgan fingerprint density at radius 1 is 1.29 bits per heavy atom. The van der Waals surface area contributed by atoms with E-state index < -0.39 is 11.9 Å². The molecule has 1 aromatic rings. The van der Waals surface area contributed by atoms with Crippen LogP contribution < -0.4 is 15.0 Å². The Hall–Kier alpha value is -2.28. The number of aliphatic carboxylic acids is 2. The van der Waals surface area contributed by atoms with Crippen molar-refractivity contribution in [2.75, 3.05) is 32.1 Å². The predicted molar refractivity (Wildman–Crippen MR) is 77.9 cm³/mol. The SMILES string of the molecule is COc1cc(CNCC(=O)O)ccc1N(C)CCC(=O)O. The van der Waals surface area contributed by atoms with Crippen LogP contribution in [0.2, 0.25) is 0 Å². The van der Waals surface area contributed by atoms with Crippen molar-refractivity contribution in [1.29, 1.82) is 0 Å². The molecule has 0 spiro atoms. The lowest BCUT2D eigenvalue weighted by Gasteiger charge is -2.21. The second-order valence-electron chi connectivity index (χ2n) is 4.57. The highest BCUT2D eigenvalue weighted by atomic mass is 16.5. The molecule has 1 aromatic carbocycles. The summed E-state index contributed by atoms with van der Waals surface area (Å²) in [7, 11) is 3.33. The van der Waals surface area contributed by atoms with Gasteiger partial charge in [-0.15, -0.1) is 0 Å². The molecule has 0 amide bonds. The third-order valence-electron chi connectivity index (χ3n) is 2.92. The quantitative estimate of drug-likeness (QED) is 0.619. The Morgan fingerprint density at radius 3 is 2.57 bits per heavy atom. The molecule has 7 nitrogen and oxygen atoms in total. The van der Waals surface area contributed by atoms with Gasteiger partial charge in [0.15, 0.2) is 0 Å². The van der Waals surface area contributed by atoms with Gasteiger partial charge < -0.3 is 25.2 Å². The van der Waals surface area contributed by atoms with Gasteiger partial charge in [0.25, 0.3) is 0 Å². The first-order valence-corrected chi connectivity index (χ1v) is 6.46. The summed E-state index contributed by atoms with van der Waals surface area (Å²) < 4.78 is 5.31. The van der Waals surface area contributed by atoms with Gasteiger partial charge in [0.2, 0.25) is 0 Å². The molecule has 0 saturated carbocycles. The van der Waals surface area contributed by atoms with Gasteiger partial charge in [0, 0.05) is 20.1 Å². The van der Waals surface area contributed by atoms with E-state index in [1.165, 1.54) is 0 Å². The van der Waals surface area contributed by atoms with Crippen LogP contribution in [0.25, 0.3) is 0 Å². The van der Waals surface area contributed by atoms with Gasteiger partial charge in [-0.05, 0) is 17.7 Å². The van der Waals surface area contributed by atoms with Crippen LogP contribution in [-0.2, 0) is 16.1 Å². The summed E-state index contributed by atoms with van der Waals surface area (Å²) in [6, 6.07) is 5.49. The minimum Gasteiger partial charge on any atom is -0.495 e. The van der Waals surface area contributed by atoms with Gasteiger partial charge in [-0.25, -0.2) is 0 Å². The van der Waals surface area contributed by atoms with E-state index >= 15 is 0 Å². The van der Waals surface area contributed by atoms with E-state index in [1.807, 2.05) is 12.1 Å².